The number of aromatic nitrogens is 2. The summed E-state index contributed by atoms with van der Waals surface area (Å²) in [7, 11) is 3.18. The standard InChI is InChI=1S/C18H18N2O4S/c1-21-14-8-12(9-15(10-14)22-2)18-19-17(20-24-18)11-23-13-4-6-16(25-3)7-5-13/h4-10H,11H2,1-3H3. The van der Waals surface area contributed by atoms with Crippen LogP contribution in [0.25, 0.3) is 11.5 Å². The van der Waals surface area contributed by atoms with Crippen molar-refractivity contribution in [1.82, 2.24) is 10.1 Å². The highest BCUT2D eigenvalue weighted by molar-refractivity contribution is 7.98. The highest BCUT2D eigenvalue weighted by Gasteiger charge is 2.12. The number of thioether (sulfide) groups is 1. The maximum Gasteiger partial charge on any atom is 0.258 e. The van der Waals surface area contributed by atoms with E-state index in [1.807, 2.05) is 42.7 Å². The molecule has 0 amide bonds. The van der Waals surface area contributed by atoms with Crippen LogP contribution in [0.3, 0.4) is 0 Å². The molecular weight excluding hydrogens is 340 g/mol. The molecule has 0 atom stereocenters. The summed E-state index contributed by atoms with van der Waals surface area (Å²) in [6.45, 7) is 0.225. The lowest BCUT2D eigenvalue weighted by molar-refractivity contribution is 0.287. The number of rotatable bonds is 7. The largest absolute Gasteiger partial charge is 0.497 e. The lowest BCUT2D eigenvalue weighted by atomic mass is 10.2. The quantitative estimate of drug-likeness (QED) is 0.590. The highest BCUT2D eigenvalue weighted by atomic mass is 32.2. The maximum atomic E-state index is 5.69. The van der Waals surface area contributed by atoms with Gasteiger partial charge in [0.25, 0.3) is 5.89 Å². The fourth-order valence-electron chi connectivity index (χ4n) is 2.18. The number of methoxy groups -OCH3 is 2. The summed E-state index contributed by atoms with van der Waals surface area (Å²) in [5, 5.41) is 3.96. The van der Waals surface area contributed by atoms with E-state index in [4.69, 9.17) is 18.7 Å². The van der Waals surface area contributed by atoms with Crippen molar-refractivity contribution < 1.29 is 18.7 Å². The van der Waals surface area contributed by atoms with Crippen molar-refractivity contribution in [3.63, 3.8) is 0 Å². The molecule has 0 aliphatic heterocycles. The normalized spacial score (nSPS) is 10.5. The predicted octanol–water partition coefficient (Wildman–Crippen LogP) is 4.05. The molecule has 0 saturated carbocycles. The maximum absolute atomic E-state index is 5.69. The van der Waals surface area contributed by atoms with Gasteiger partial charge in [-0.2, -0.15) is 4.98 Å². The minimum absolute atomic E-state index is 0.225. The highest BCUT2D eigenvalue weighted by Crippen LogP contribution is 2.29. The molecule has 0 saturated heterocycles. The SMILES string of the molecule is COc1cc(OC)cc(-c2nc(COc3ccc(SC)cc3)no2)c1. The number of benzene rings is 2. The van der Waals surface area contributed by atoms with Gasteiger partial charge in [0, 0.05) is 16.5 Å². The third-order valence-electron chi connectivity index (χ3n) is 3.49. The molecule has 3 aromatic rings. The molecule has 0 N–H and O–H groups in total. The molecule has 1 aromatic heterocycles. The van der Waals surface area contributed by atoms with Gasteiger partial charge in [0.1, 0.15) is 17.2 Å². The van der Waals surface area contributed by atoms with Crippen molar-refractivity contribution in [3.05, 3.63) is 48.3 Å². The van der Waals surface area contributed by atoms with E-state index in [-0.39, 0.29) is 6.61 Å². The first kappa shape index (κ1) is 17.2. The first-order valence-corrected chi connectivity index (χ1v) is 8.77. The molecule has 0 bridgehead atoms. The van der Waals surface area contributed by atoms with Crippen LogP contribution in [0.15, 0.2) is 51.9 Å². The number of ether oxygens (including phenoxy) is 3. The molecule has 0 unspecified atom stereocenters. The van der Waals surface area contributed by atoms with Gasteiger partial charge in [0.05, 0.1) is 14.2 Å². The van der Waals surface area contributed by atoms with Crippen LogP contribution in [0.1, 0.15) is 5.82 Å². The van der Waals surface area contributed by atoms with Crippen molar-refractivity contribution in [1.29, 1.82) is 0 Å². The summed E-state index contributed by atoms with van der Waals surface area (Å²) in [6.07, 6.45) is 2.03. The summed E-state index contributed by atoms with van der Waals surface area (Å²) < 4.78 is 21.5. The van der Waals surface area contributed by atoms with E-state index in [1.165, 1.54) is 4.90 Å². The van der Waals surface area contributed by atoms with E-state index < -0.39 is 0 Å². The van der Waals surface area contributed by atoms with Crippen molar-refractivity contribution in [2.75, 3.05) is 20.5 Å². The lowest BCUT2D eigenvalue weighted by Gasteiger charge is -2.05. The van der Waals surface area contributed by atoms with Crippen LogP contribution in [0.4, 0.5) is 0 Å². The van der Waals surface area contributed by atoms with Crippen molar-refractivity contribution in [2.24, 2.45) is 0 Å². The van der Waals surface area contributed by atoms with E-state index in [9.17, 15) is 0 Å². The Bertz CT molecular complexity index is 811. The van der Waals surface area contributed by atoms with Crippen LogP contribution in [-0.4, -0.2) is 30.6 Å². The Morgan fingerprint density at radius 3 is 2.24 bits per heavy atom. The van der Waals surface area contributed by atoms with Gasteiger partial charge in [0.2, 0.25) is 5.82 Å². The number of hydrogen-bond acceptors (Lipinski definition) is 7. The molecule has 7 heteroatoms. The van der Waals surface area contributed by atoms with Crippen molar-refractivity contribution in [3.8, 4) is 28.7 Å². The molecule has 130 valence electrons. The van der Waals surface area contributed by atoms with Gasteiger partial charge in [-0.1, -0.05) is 5.16 Å². The molecule has 0 aliphatic rings. The summed E-state index contributed by atoms with van der Waals surface area (Å²) in [4.78, 5) is 5.54. The van der Waals surface area contributed by atoms with E-state index in [1.54, 1.807) is 32.0 Å². The second-order valence-electron chi connectivity index (χ2n) is 5.08. The van der Waals surface area contributed by atoms with Crippen LogP contribution < -0.4 is 14.2 Å². The zero-order valence-corrected chi connectivity index (χ0v) is 15.0. The summed E-state index contributed by atoms with van der Waals surface area (Å²) in [5.74, 6) is 2.91. The first-order chi connectivity index (χ1) is 12.2. The van der Waals surface area contributed by atoms with Gasteiger partial charge in [-0.05, 0) is 42.7 Å². The minimum Gasteiger partial charge on any atom is -0.497 e. The Kier molecular flexibility index (Phi) is 5.45. The minimum atomic E-state index is 0.225. The Balaban J connectivity index is 1.71. The van der Waals surface area contributed by atoms with Gasteiger partial charge < -0.3 is 18.7 Å². The summed E-state index contributed by atoms with van der Waals surface area (Å²) in [5.41, 5.74) is 0.722. The Labute approximate surface area is 150 Å². The molecule has 1 heterocycles. The molecule has 25 heavy (non-hydrogen) atoms. The van der Waals surface area contributed by atoms with E-state index in [0.29, 0.717) is 23.2 Å². The molecule has 0 fully saturated rings. The smallest absolute Gasteiger partial charge is 0.258 e. The third-order valence-corrected chi connectivity index (χ3v) is 4.24. The summed E-state index contributed by atoms with van der Waals surface area (Å²) in [6, 6.07) is 13.2. The average Bonchev–Trinajstić information content (AvgIpc) is 3.15. The Hall–Kier alpha value is -2.67. The van der Waals surface area contributed by atoms with Crippen LogP contribution in [0.5, 0.6) is 17.2 Å². The number of nitrogens with zero attached hydrogens (tertiary/aromatic N) is 2. The van der Waals surface area contributed by atoms with Crippen LogP contribution >= 0.6 is 11.8 Å². The fraction of sp³-hybridized carbons (Fsp3) is 0.222. The molecule has 6 nitrogen and oxygen atoms in total. The molecule has 0 radical (unpaired) electrons. The van der Waals surface area contributed by atoms with Gasteiger partial charge >= 0.3 is 0 Å². The molecule has 0 spiro atoms. The molecule has 3 rings (SSSR count). The van der Waals surface area contributed by atoms with Gasteiger partial charge in [0.15, 0.2) is 6.61 Å². The zero-order chi connectivity index (χ0) is 17.6. The van der Waals surface area contributed by atoms with Crippen LogP contribution in [0, 0.1) is 0 Å². The molecule has 2 aromatic carbocycles. The third kappa shape index (κ3) is 4.24. The molecular formula is C18H18N2O4S. The monoisotopic (exact) mass is 358 g/mol. The lowest BCUT2D eigenvalue weighted by Crippen LogP contribution is -1.97. The van der Waals surface area contributed by atoms with Gasteiger partial charge in [-0.25, -0.2) is 0 Å². The van der Waals surface area contributed by atoms with Gasteiger partial charge in [-0.15, -0.1) is 11.8 Å². The second kappa shape index (κ2) is 7.94. The number of hydrogen-bond donors (Lipinski definition) is 0. The van der Waals surface area contributed by atoms with E-state index in [2.05, 4.69) is 10.1 Å². The Morgan fingerprint density at radius 1 is 0.960 bits per heavy atom. The Morgan fingerprint density at radius 2 is 1.64 bits per heavy atom. The fourth-order valence-corrected chi connectivity index (χ4v) is 2.59. The van der Waals surface area contributed by atoms with Crippen LogP contribution in [0.2, 0.25) is 0 Å². The first-order valence-electron chi connectivity index (χ1n) is 7.54. The van der Waals surface area contributed by atoms with Gasteiger partial charge in [-0.3, -0.25) is 0 Å². The zero-order valence-electron chi connectivity index (χ0n) is 14.2. The molecule has 0 aliphatic carbocycles. The van der Waals surface area contributed by atoms with E-state index in [0.717, 1.165) is 11.3 Å². The predicted molar refractivity (Wildman–Crippen MR) is 95.4 cm³/mol. The van der Waals surface area contributed by atoms with E-state index >= 15 is 0 Å². The summed E-state index contributed by atoms with van der Waals surface area (Å²) >= 11 is 1.68. The van der Waals surface area contributed by atoms with Crippen molar-refractivity contribution >= 4 is 11.8 Å². The topological polar surface area (TPSA) is 66.6 Å². The average molecular weight is 358 g/mol. The van der Waals surface area contributed by atoms with Crippen molar-refractivity contribution in [2.45, 2.75) is 11.5 Å². The van der Waals surface area contributed by atoms with Crippen LogP contribution in [-0.2, 0) is 6.61 Å². The second-order valence-corrected chi connectivity index (χ2v) is 5.96.